The van der Waals surface area contributed by atoms with Gasteiger partial charge >= 0.3 is 0 Å². The standard InChI is InChI=1S/C17H21N3O2/c1-13(21)17(2,10-14-6-4-3-5-7-14)12-20-16(22)15-11-18-8-9-19-15/h3-9,11,13,21H,10,12H2,1-2H3,(H,20,22)/t13-,17-/m0/s1. The van der Waals surface area contributed by atoms with Gasteiger partial charge in [0.1, 0.15) is 5.69 Å². The fraction of sp³-hybridized carbons (Fsp3) is 0.353. The summed E-state index contributed by atoms with van der Waals surface area (Å²) in [5.74, 6) is -0.284. The number of hydrogen-bond acceptors (Lipinski definition) is 4. The second-order valence-electron chi connectivity index (χ2n) is 5.77. The van der Waals surface area contributed by atoms with Crippen molar-refractivity contribution in [3.05, 3.63) is 60.2 Å². The van der Waals surface area contributed by atoms with Gasteiger partial charge in [-0.25, -0.2) is 4.98 Å². The number of nitrogens with one attached hydrogen (secondary N) is 1. The van der Waals surface area contributed by atoms with E-state index in [1.54, 1.807) is 6.92 Å². The first-order chi connectivity index (χ1) is 10.5. The molecule has 0 aliphatic rings. The van der Waals surface area contributed by atoms with Gasteiger partial charge in [0.05, 0.1) is 12.3 Å². The van der Waals surface area contributed by atoms with Crippen LogP contribution in [0.4, 0.5) is 0 Å². The van der Waals surface area contributed by atoms with Gasteiger partial charge in [-0.15, -0.1) is 0 Å². The molecule has 0 spiro atoms. The van der Waals surface area contributed by atoms with Crippen LogP contribution >= 0.6 is 0 Å². The molecule has 5 heteroatoms. The van der Waals surface area contributed by atoms with E-state index in [2.05, 4.69) is 15.3 Å². The van der Waals surface area contributed by atoms with E-state index in [4.69, 9.17) is 0 Å². The molecule has 2 aromatic rings. The summed E-state index contributed by atoms with van der Waals surface area (Å²) in [5, 5.41) is 13.0. The number of aliphatic hydroxyl groups excluding tert-OH is 1. The summed E-state index contributed by atoms with van der Waals surface area (Å²) in [6, 6.07) is 9.93. The topological polar surface area (TPSA) is 75.1 Å². The molecule has 0 aliphatic heterocycles. The van der Waals surface area contributed by atoms with E-state index >= 15 is 0 Å². The van der Waals surface area contributed by atoms with Crippen LogP contribution in [0.2, 0.25) is 0 Å². The van der Waals surface area contributed by atoms with Crippen molar-refractivity contribution in [2.24, 2.45) is 5.41 Å². The van der Waals surface area contributed by atoms with Crippen molar-refractivity contribution in [2.75, 3.05) is 6.54 Å². The average Bonchev–Trinajstić information content (AvgIpc) is 2.54. The van der Waals surface area contributed by atoms with Crippen molar-refractivity contribution >= 4 is 5.91 Å². The predicted molar refractivity (Wildman–Crippen MR) is 84.3 cm³/mol. The average molecular weight is 299 g/mol. The van der Waals surface area contributed by atoms with E-state index < -0.39 is 11.5 Å². The molecule has 2 rings (SSSR count). The van der Waals surface area contributed by atoms with Crippen LogP contribution in [0.15, 0.2) is 48.9 Å². The van der Waals surface area contributed by atoms with Crippen LogP contribution in [0.3, 0.4) is 0 Å². The molecule has 1 aromatic heterocycles. The van der Waals surface area contributed by atoms with Crippen LogP contribution in [0.25, 0.3) is 0 Å². The maximum atomic E-state index is 12.1. The fourth-order valence-corrected chi connectivity index (χ4v) is 2.21. The summed E-state index contributed by atoms with van der Waals surface area (Å²) < 4.78 is 0. The Morgan fingerprint density at radius 1 is 1.32 bits per heavy atom. The van der Waals surface area contributed by atoms with Gasteiger partial charge in [0, 0.05) is 24.4 Å². The lowest BCUT2D eigenvalue weighted by molar-refractivity contribution is 0.0499. The van der Waals surface area contributed by atoms with Crippen molar-refractivity contribution in [1.82, 2.24) is 15.3 Å². The summed E-state index contributed by atoms with van der Waals surface area (Å²) >= 11 is 0. The van der Waals surface area contributed by atoms with E-state index in [0.29, 0.717) is 13.0 Å². The smallest absolute Gasteiger partial charge is 0.271 e. The maximum Gasteiger partial charge on any atom is 0.271 e. The van der Waals surface area contributed by atoms with E-state index in [-0.39, 0.29) is 11.6 Å². The van der Waals surface area contributed by atoms with Crippen LogP contribution < -0.4 is 5.32 Å². The molecule has 5 nitrogen and oxygen atoms in total. The normalized spacial score (nSPS) is 14.9. The van der Waals surface area contributed by atoms with Gasteiger partial charge in [-0.3, -0.25) is 9.78 Å². The van der Waals surface area contributed by atoms with Gasteiger partial charge in [0.15, 0.2) is 0 Å². The van der Waals surface area contributed by atoms with Crippen molar-refractivity contribution in [1.29, 1.82) is 0 Å². The van der Waals surface area contributed by atoms with Gasteiger partial charge in [0.25, 0.3) is 5.91 Å². The zero-order valence-electron chi connectivity index (χ0n) is 12.9. The number of aromatic nitrogens is 2. The number of hydrogen-bond donors (Lipinski definition) is 2. The molecule has 0 fully saturated rings. The molecule has 0 saturated heterocycles. The summed E-state index contributed by atoms with van der Waals surface area (Å²) in [7, 11) is 0. The SMILES string of the molecule is C[C@H](O)[C@](C)(CNC(=O)c1cnccn1)Cc1ccccc1. The number of aliphatic hydroxyl groups is 1. The van der Waals surface area contributed by atoms with Gasteiger partial charge < -0.3 is 10.4 Å². The second-order valence-corrected chi connectivity index (χ2v) is 5.77. The molecule has 0 unspecified atom stereocenters. The van der Waals surface area contributed by atoms with Crippen molar-refractivity contribution in [3.63, 3.8) is 0 Å². The zero-order valence-corrected chi connectivity index (χ0v) is 12.9. The summed E-state index contributed by atoms with van der Waals surface area (Å²) in [6.45, 7) is 4.06. The molecule has 2 atom stereocenters. The molecule has 0 aliphatic carbocycles. The van der Waals surface area contributed by atoms with Crippen LogP contribution in [0.1, 0.15) is 29.9 Å². The highest BCUT2D eigenvalue weighted by Crippen LogP contribution is 2.26. The predicted octanol–water partition coefficient (Wildman–Crippen LogP) is 1.84. The number of benzene rings is 1. The highest BCUT2D eigenvalue weighted by atomic mass is 16.3. The first-order valence-corrected chi connectivity index (χ1v) is 7.27. The fourth-order valence-electron chi connectivity index (χ4n) is 2.21. The minimum atomic E-state index is -0.560. The second kappa shape index (κ2) is 7.13. The molecular formula is C17H21N3O2. The zero-order chi connectivity index (χ0) is 16.0. The highest BCUT2D eigenvalue weighted by Gasteiger charge is 2.31. The van der Waals surface area contributed by atoms with E-state index in [1.807, 2.05) is 37.3 Å². The van der Waals surface area contributed by atoms with Crippen molar-refractivity contribution in [2.45, 2.75) is 26.4 Å². The molecule has 22 heavy (non-hydrogen) atoms. The number of carbonyl (C=O) groups is 1. The van der Waals surface area contributed by atoms with Gasteiger partial charge in [-0.05, 0) is 18.9 Å². The monoisotopic (exact) mass is 299 g/mol. The molecule has 0 saturated carbocycles. The Kier molecular flexibility index (Phi) is 5.22. The van der Waals surface area contributed by atoms with Gasteiger partial charge in [0.2, 0.25) is 0 Å². The first-order valence-electron chi connectivity index (χ1n) is 7.27. The Morgan fingerprint density at radius 2 is 2.05 bits per heavy atom. The van der Waals surface area contributed by atoms with Crippen LogP contribution in [-0.2, 0) is 6.42 Å². The summed E-state index contributed by atoms with van der Waals surface area (Å²) in [5.41, 5.74) is 0.939. The van der Waals surface area contributed by atoms with Crippen LogP contribution in [0, 0.1) is 5.41 Å². The Labute approximate surface area is 130 Å². The Morgan fingerprint density at radius 3 is 2.64 bits per heavy atom. The highest BCUT2D eigenvalue weighted by molar-refractivity contribution is 5.91. The molecule has 1 aromatic carbocycles. The molecule has 116 valence electrons. The minimum absolute atomic E-state index is 0.273. The third kappa shape index (κ3) is 4.11. The maximum absolute atomic E-state index is 12.1. The molecule has 0 bridgehead atoms. The van der Waals surface area contributed by atoms with Crippen molar-refractivity contribution < 1.29 is 9.90 Å². The molecule has 0 radical (unpaired) electrons. The number of amides is 1. The molecular weight excluding hydrogens is 278 g/mol. The van der Waals surface area contributed by atoms with Gasteiger partial charge in [-0.2, -0.15) is 0 Å². The lowest BCUT2D eigenvalue weighted by atomic mass is 9.79. The largest absolute Gasteiger partial charge is 0.393 e. The Bertz CT molecular complexity index is 602. The third-order valence-electron chi connectivity index (χ3n) is 3.91. The number of carbonyl (C=O) groups excluding carboxylic acids is 1. The summed E-state index contributed by atoms with van der Waals surface area (Å²) in [6.07, 6.45) is 4.53. The minimum Gasteiger partial charge on any atom is -0.393 e. The summed E-state index contributed by atoms with van der Waals surface area (Å²) in [4.78, 5) is 19.9. The van der Waals surface area contributed by atoms with Crippen LogP contribution in [0.5, 0.6) is 0 Å². The van der Waals surface area contributed by atoms with Crippen LogP contribution in [-0.4, -0.2) is 33.6 Å². The first kappa shape index (κ1) is 16.1. The van der Waals surface area contributed by atoms with E-state index in [1.165, 1.54) is 18.6 Å². The van der Waals surface area contributed by atoms with Crippen molar-refractivity contribution in [3.8, 4) is 0 Å². The Balaban J connectivity index is 2.04. The quantitative estimate of drug-likeness (QED) is 0.853. The Hall–Kier alpha value is -2.27. The molecule has 2 N–H and O–H groups in total. The number of nitrogens with zero attached hydrogens (tertiary/aromatic N) is 2. The lowest BCUT2D eigenvalue weighted by Gasteiger charge is -2.33. The number of rotatable bonds is 6. The molecule has 1 heterocycles. The van der Waals surface area contributed by atoms with E-state index in [9.17, 15) is 9.90 Å². The third-order valence-corrected chi connectivity index (χ3v) is 3.91. The van der Waals surface area contributed by atoms with Gasteiger partial charge in [-0.1, -0.05) is 37.3 Å². The lowest BCUT2D eigenvalue weighted by Crippen LogP contribution is -2.44. The molecule has 1 amide bonds. The van der Waals surface area contributed by atoms with E-state index in [0.717, 1.165) is 5.56 Å².